The number of pyridine rings is 1. The number of fused-ring (bicyclic) bond motifs is 3. The van der Waals surface area contributed by atoms with E-state index in [1.165, 1.54) is 18.1 Å². The zero-order valence-electron chi connectivity index (χ0n) is 18.7. The maximum atomic E-state index is 14.3. The minimum atomic E-state index is -0.258. The van der Waals surface area contributed by atoms with E-state index in [1.54, 1.807) is 12.3 Å². The van der Waals surface area contributed by atoms with Crippen LogP contribution in [0.15, 0.2) is 66.9 Å². The number of halogens is 1. The van der Waals surface area contributed by atoms with Gasteiger partial charge in [0.25, 0.3) is 0 Å². The average molecular weight is 443 g/mol. The molecule has 33 heavy (non-hydrogen) atoms. The van der Waals surface area contributed by atoms with Crippen LogP contribution in [0.4, 0.5) is 16.0 Å². The third-order valence-corrected chi connectivity index (χ3v) is 6.96. The van der Waals surface area contributed by atoms with Gasteiger partial charge in [-0.15, -0.1) is 5.10 Å². The summed E-state index contributed by atoms with van der Waals surface area (Å²) in [6.45, 7) is 6.04. The Labute approximate surface area is 192 Å². The van der Waals surface area contributed by atoms with Crippen LogP contribution in [-0.2, 0) is 6.54 Å². The van der Waals surface area contributed by atoms with Crippen LogP contribution in [0.2, 0.25) is 0 Å². The smallest absolute Gasteiger partial charge is 0.159 e. The molecule has 2 fully saturated rings. The van der Waals surface area contributed by atoms with Gasteiger partial charge < -0.3 is 10.2 Å². The Kier molecular flexibility index (Phi) is 4.99. The van der Waals surface area contributed by atoms with E-state index < -0.39 is 0 Å². The topological polar surface area (TPSA) is 49.2 Å². The summed E-state index contributed by atoms with van der Waals surface area (Å²) < 4.78 is 16.1. The van der Waals surface area contributed by atoms with Crippen molar-refractivity contribution in [2.45, 2.75) is 32.0 Å². The molecule has 4 aromatic rings. The van der Waals surface area contributed by atoms with Crippen molar-refractivity contribution in [3.63, 3.8) is 0 Å². The Morgan fingerprint density at radius 1 is 1.03 bits per heavy atom. The second kappa shape index (κ2) is 8.15. The first-order valence-corrected chi connectivity index (χ1v) is 11.6. The molecular formula is C26H27FN6. The molecule has 2 unspecified atom stereocenters. The average Bonchev–Trinajstić information content (AvgIpc) is 3.55. The zero-order valence-corrected chi connectivity index (χ0v) is 18.7. The Balaban J connectivity index is 1.34. The SMILES string of the molecule is CCN1CC2CC1CN2c1nn(-c2ccnc(NCc3ccccc3)c2)c2cc(F)ccc12. The highest BCUT2D eigenvalue weighted by atomic mass is 19.1. The summed E-state index contributed by atoms with van der Waals surface area (Å²) in [6, 6.07) is 20.1. The van der Waals surface area contributed by atoms with Crippen LogP contribution in [0.3, 0.4) is 0 Å². The van der Waals surface area contributed by atoms with Crippen LogP contribution < -0.4 is 10.2 Å². The van der Waals surface area contributed by atoms with Crippen LogP contribution >= 0.6 is 0 Å². The van der Waals surface area contributed by atoms with Crippen molar-refractivity contribution in [3.8, 4) is 5.69 Å². The molecule has 1 N–H and O–H groups in total. The maximum Gasteiger partial charge on any atom is 0.159 e. The third-order valence-electron chi connectivity index (χ3n) is 6.96. The molecule has 2 saturated heterocycles. The van der Waals surface area contributed by atoms with Gasteiger partial charge in [0.1, 0.15) is 11.6 Å². The van der Waals surface area contributed by atoms with Gasteiger partial charge in [-0.05, 0) is 36.7 Å². The van der Waals surface area contributed by atoms with Gasteiger partial charge in [-0.25, -0.2) is 14.1 Å². The van der Waals surface area contributed by atoms with E-state index in [2.05, 4.69) is 39.2 Å². The zero-order chi connectivity index (χ0) is 22.4. The molecule has 2 aliphatic rings. The van der Waals surface area contributed by atoms with E-state index in [0.717, 1.165) is 47.9 Å². The summed E-state index contributed by atoms with van der Waals surface area (Å²) in [5, 5.41) is 9.39. The quantitative estimate of drug-likeness (QED) is 0.478. The van der Waals surface area contributed by atoms with Crippen LogP contribution in [-0.4, -0.2) is 51.4 Å². The third kappa shape index (κ3) is 3.62. The highest BCUT2D eigenvalue weighted by Gasteiger charge is 2.43. The van der Waals surface area contributed by atoms with Crippen LogP contribution in [0, 0.1) is 5.82 Å². The van der Waals surface area contributed by atoms with Gasteiger partial charge in [-0.3, -0.25) is 4.90 Å². The number of benzene rings is 2. The van der Waals surface area contributed by atoms with E-state index in [1.807, 2.05) is 41.1 Å². The fraction of sp³-hybridized carbons (Fsp3) is 0.308. The number of rotatable bonds is 6. The number of likely N-dealkylation sites (tertiary alicyclic amines) is 1. The molecule has 0 saturated carbocycles. The van der Waals surface area contributed by atoms with Gasteiger partial charge in [-0.2, -0.15) is 0 Å². The van der Waals surface area contributed by atoms with E-state index >= 15 is 0 Å². The molecule has 2 atom stereocenters. The monoisotopic (exact) mass is 442 g/mol. The normalized spacial score (nSPS) is 20.1. The summed E-state index contributed by atoms with van der Waals surface area (Å²) in [4.78, 5) is 9.44. The number of hydrogen-bond acceptors (Lipinski definition) is 5. The fourth-order valence-electron chi connectivity index (χ4n) is 5.31. The summed E-state index contributed by atoms with van der Waals surface area (Å²) >= 11 is 0. The molecule has 0 amide bonds. The predicted molar refractivity (Wildman–Crippen MR) is 129 cm³/mol. The lowest BCUT2D eigenvalue weighted by Gasteiger charge is -2.33. The second-order valence-corrected chi connectivity index (χ2v) is 8.92. The molecule has 6 rings (SSSR count). The van der Waals surface area contributed by atoms with Crippen molar-refractivity contribution in [2.75, 3.05) is 29.9 Å². The highest BCUT2D eigenvalue weighted by Crippen LogP contribution is 2.38. The largest absolute Gasteiger partial charge is 0.366 e. The Hall–Kier alpha value is -3.45. The van der Waals surface area contributed by atoms with Gasteiger partial charge in [0.05, 0.1) is 11.2 Å². The molecule has 0 radical (unpaired) electrons. The summed E-state index contributed by atoms with van der Waals surface area (Å²) in [5.74, 6) is 1.45. The molecule has 2 aromatic carbocycles. The number of piperazine rings is 1. The van der Waals surface area contributed by atoms with E-state index in [4.69, 9.17) is 5.10 Å². The highest BCUT2D eigenvalue weighted by molar-refractivity contribution is 5.92. The number of anilines is 2. The number of nitrogens with one attached hydrogen (secondary N) is 1. The van der Waals surface area contributed by atoms with Crippen molar-refractivity contribution < 1.29 is 4.39 Å². The minimum Gasteiger partial charge on any atom is -0.366 e. The molecule has 6 nitrogen and oxygen atoms in total. The molecule has 0 spiro atoms. The van der Waals surface area contributed by atoms with Gasteiger partial charge in [-0.1, -0.05) is 37.3 Å². The van der Waals surface area contributed by atoms with Crippen molar-refractivity contribution >= 4 is 22.5 Å². The lowest BCUT2D eigenvalue weighted by molar-refractivity contribution is 0.251. The second-order valence-electron chi connectivity index (χ2n) is 8.92. The molecular weight excluding hydrogens is 415 g/mol. The first-order valence-electron chi connectivity index (χ1n) is 11.6. The Bertz CT molecular complexity index is 1290. The Morgan fingerprint density at radius 3 is 2.70 bits per heavy atom. The molecule has 2 aromatic heterocycles. The minimum absolute atomic E-state index is 0.258. The van der Waals surface area contributed by atoms with Crippen LogP contribution in [0.25, 0.3) is 16.6 Å². The van der Waals surface area contributed by atoms with Crippen molar-refractivity contribution in [3.05, 3.63) is 78.2 Å². The van der Waals surface area contributed by atoms with E-state index in [0.29, 0.717) is 18.6 Å². The first-order chi connectivity index (χ1) is 16.2. The van der Waals surface area contributed by atoms with Crippen LogP contribution in [0.1, 0.15) is 18.9 Å². The number of nitrogens with zero attached hydrogens (tertiary/aromatic N) is 5. The number of hydrogen-bond donors (Lipinski definition) is 1. The lowest BCUT2D eigenvalue weighted by atomic mass is 10.2. The molecule has 4 heterocycles. The van der Waals surface area contributed by atoms with E-state index in [-0.39, 0.29) is 5.82 Å². The lowest BCUT2D eigenvalue weighted by Crippen LogP contribution is -2.46. The van der Waals surface area contributed by atoms with Crippen LogP contribution in [0.5, 0.6) is 0 Å². The number of aromatic nitrogens is 3. The summed E-state index contributed by atoms with van der Waals surface area (Å²) in [7, 11) is 0. The molecule has 168 valence electrons. The molecule has 7 heteroatoms. The van der Waals surface area contributed by atoms with Crippen molar-refractivity contribution in [1.82, 2.24) is 19.7 Å². The fourth-order valence-corrected chi connectivity index (χ4v) is 5.31. The first kappa shape index (κ1) is 20.2. The van der Waals surface area contributed by atoms with E-state index in [9.17, 15) is 4.39 Å². The summed E-state index contributed by atoms with van der Waals surface area (Å²) in [6.07, 6.45) is 2.94. The molecule has 2 aliphatic heterocycles. The molecule has 0 aliphatic carbocycles. The predicted octanol–water partition coefficient (Wildman–Crippen LogP) is 4.45. The Morgan fingerprint density at radius 2 is 1.91 bits per heavy atom. The molecule has 2 bridgehead atoms. The van der Waals surface area contributed by atoms with Crippen molar-refractivity contribution in [2.24, 2.45) is 0 Å². The van der Waals surface area contributed by atoms with Gasteiger partial charge in [0.2, 0.25) is 0 Å². The van der Waals surface area contributed by atoms with Gasteiger partial charge >= 0.3 is 0 Å². The standard InChI is InChI=1S/C26H27FN6/c1-2-31-16-22-13-21(31)17-32(22)26-23-9-8-19(27)12-24(23)33(30-26)20-10-11-28-25(14-20)29-15-18-6-4-3-5-7-18/h3-12,14,21-22H,2,13,15-17H2,1H3,(H,28,29). The summed E-state index contributed by atoms with van der Waals surface area (Å²) in [5.41, 5.74) is 2.83. The van der Waals surface area contributed by atoms with Crippen molar-refractivity contribution in [1.29, 1.82) is 0 Å². The number of likely N-dealkylation sites (N-methyl/N-ethyl adjacent to an activating group) is 1. The maximum absolute atomic E-state index is 14.3. The van der Waals surface area contributed by atoms with Gasteiger partial charge in [0, 0.05) is 55.4 Å². The van der Waals surface area contributed by atoms with Gasteiger partial charge in [0.15, 0.2) is 5.82 Å².